The normalized spacial score (nSPS) is 23.3. The van der Waals surface area contributed by atoms with E-state index in [4.69, 9.17) is 0 Å². The van der Waals surface area contributed by atoms with Gasteiger partial charge in [-0.15, -0.1) is 0 Å². The van der Waals surface area contributed by atoms with Crippen LogP contribution >= 0.6 is 0 Å². The standard InChI is InChI=1S/C16H21NO2/c18-15-5-2-8-17(10-15)11-16(19)14-7-6-12-3-1-4-13(12)9-14/h6-7,9,15,18H,1-5,8,10-11H2. The molecule has 1 N–H and O–H groups in total. The molecular weight excluding hydrogens is 238 g/mol. The third-order valence-corrected chi connectivity index (χ3v) is 4.27. The van der Waals surface area contributed by atoms with E-state index in [0.29, 0.717) is 13.1 Å². The van der Waals surface area contributed by atoms with Crippen LogP contribution in [0.25, 0.3) is 0 Å². The number of β-amino-alcohol motifs (C(OH)–C–C–N with tert-alkyl or cyclic N) is 1. The van der Waals surface area contributed by atoms with Gasteiger partial charge < -0.3 is 5.11 Å². The Morgan fingerprint density at radius 1 is 1.26 bits per heavy atom. The van der Waals surface area contributed by atoms with Crippen molar-refractivity contribution < 1.29 is 9.90 Å². The van der Waals surface area contributed by atoms with Crippen molar-refractivity contribution in [3.63, 3.8) is 0 Å². The van der Waals surface area contributed by atoms with Crippen LogP contribution in [0.1, 0.15) is 40.7 Å². The summed E-state index contributed by atoms with van der Waals surface area (Å²) >= 11 is 0. The van der Waals surface area contributed by atoms with E-state index in [0.717, 1.165) is 37.8 Å². The highest BCUT2D eigenvalue weighted by Crippen LogP contribution is 2.23. The number of aliphatic hydroxyl groups is 1. The lowest BCUT2D eigenvalue weighted by Gasteiger charge is -2.29. The minimum absolute atomic E-state index is 0.184. The molecule has 3 heteroatoms. The summed E-state index contributed by atoms with van der Waals surface area (Å²) in [7, 11) is 0. The summed E-state index contributed by atoms with van der Waals surface area (Å²) in [4.78, 5) is 14.4. The van der Waals surface area contributed by atoms with E-state index in [2.05, 4.69) is 17.0 Å². The van der Waals surface area contributed by atoms with E-state index >= 15 is 0 Å². The second-order valence-electron chi connectivity index (χ2n) is 5.79. The SMILES string of the molecule is O=C(CN1CCCC(O)C1)c1ccc2c(c1)CCC2. The van der Waals surface area contributed by atoms with Crippen molar-refractivity contribution in [3.8, 4) is 0 Å². The van der Waals surface area contributed by atoms with E-state index < -0.39 is 0 Å². The van der Waals surface area contributed by atoms with Gasteiger partial charge in [-0.1, -0.05) is 12.1 Å². The highest BCUT2D eigenvalue weighted by molar-refractivity contribution is 5.97. The summed E-state index contributed by atoms with van der Waals surface area (Å²) in [6, 6.07) is 6.15. The van der Waals surface area contributed by atoms with Gasteiger partial charge in [-0.3, -0.25) is 9.69 Å². The van der Waals surface area contributed by atoms with E-state index in [1.165, 1.54) is 17.5 Å². The van der Waals surface area contributed by atoms with Crippen LogP contribution in [0.3, 0.4) is 0 Å². The first-order valence-corrected chi connectivity index (χ1v) is 7.28. The second-order valence-corrected chi connectivity index (χ2v) is 5.79. The van der Waals surface area contributed by atoms with Crippen molar-refractivity contribution in [2.75, 3.05) is 19.6 Å². The van der Waals surface area contributed by atoms with Gasteiger partial charge in [0.1, 0.15) is 0 Å². The molecule has 1 atom stereocenters. The first-order chi connectivity index (χ1) is 9.22. The van der Waals surface area contributed by atoms with E-state index in [1.54, 1.807) is 0 Å². The molecule has 0 amide bonds. The van der Waals surface area contributed by atoms with Gasteiger partial charge in [0.2, 0.25) is 0 Å². The molecule has 1 aliphatic carbocycles. The average molecular weight is 259 g/mol. The number of piperidine rings is 1. The number of Topliss-reactive ketones (excluding diaryl/α,β-unsaturated/α-hetero) is 1. The van der Waals surface area contributed by atoms with Crippen molar-refractivity contribution in [1.82, 2.24) is 4.90 Å². The highest BCUT2D eigenvalue weighted by Gasteiger charge is 2.21. The Labute approximate surface area is 114 Å². The number of ketones is 1. The maximum atomic E-state index is 12.3. The minimum atomic E-state index is -0.262. The Morgan fingerprint density at radius 2 is 2.11 bits per heavy atom. The Balaban J connectivity index is 1.67. The van der Waals surface area contributed by atoms with Crippen molar-refractivity contribution >= 4 is 5.78 Å². The van der Waals surface area contributed by atoms with E-state index in [1.807, 2.05) is 6.07 Å². The fourth-order valence-corrected chi connectivity index (χ4v) is 3.21. The van der Waals surface area contributed by atoms with Gasteiger partial charge in [-0.25, -0.2) is 0 Å². The van der Waals surface area contributed by atoms with Gasteiger partial charge in [0, 0.05) is 12.1 Å². The molecule has 0 radical (unpaired) electrons. The Kier molecular flexibility index (Phi) is 3.67. The predicted molar refractivity (Wildman–Crippen MR) is 74.5 cm³/mol. The third-order valence-electron chi connectivity index (χ3n) is 4.27. The molecule has 0 spiro atoms. The lowest BCUT2D eigenvalue weighted by molar-refractivity contribution is 0.0634. The molecule has 3 rings (SSSR count). The van der Waals surface area contributed by atoms with Crippen LogP contribution in [-0.4, -0.2) is 41.5 Å². The van der Waals surface area contributed by atoms with E-state index in [9.17, 15) is 9.90 Å². The number of carbonyl (C=O) groups is 1. The Morgan fingerprint density at radius 3 is 2.95 bits per heavy atom. The van der Waals surface area contributed by atoms with Crippen LogP contribution in [0.4, 0.5) is 0 Å². The monoisotopic (exact) mass is 259 g/mol. The smallest absolute Gasteiger partial charge is 0.176 e. The molecule has 0 bridgehead atoms. The quantitative estimate of drug-likeness (QED) is 0.842. The summed E-state index contributed by atoms with van der Waals surface area (Å²) in [5.41, 5.74) is 3.59. The number of carbonyl (C=O) groups excluding carboxylic acids is 1. The molecule has 1 unspecified atom stereocenters. The third kappa shape index (κ3) is 2.88. The van der Waals surface area contributed by atoms with Gasteiger partial charge in [0.15, 0.2) is 5.78 Å². The molecule has 1 aliphatic heterocycles. The largest absolute Gasteiger partial charge is 0.392 e. The molecule has 1 aromatic carbocycles. The second kappa shape index (κ2) is 5.43. The number of rotatable bonds is 3. The molecule has 3 nitrogen and oxygen atoms in total. The molecule has 2 aliphatic rings. The summed E-state index contributed by atoms with van der Waals surface area (Å²) in [6.07, 6.45) is 5.07. The van der Waals surface area contributed by atoms with Crippen molar-refractivity contribution in [3.05, 3.63) is 34.9 Å². The number of aliphatic hydroxyl groups excluding tert-OH is 1. The molecular formula is C16H21NO2. The maximum absolute atomic E-state index is 12.3. The van der Waals surface area contributed by atoms with Gasteiger partial charge in [0.25, 0.3) is 0 Å². The van der Waals surface area contributed by atoms with E-state index in [-0.39, 0.29) is 11.9 Å². The molecule has 0 saturated carbocycles. The Hall–Kier alpha value is -1.19. The lowest BCUT2D eigenvalue weighted by Crippen LogP contribution is -2.41. The van der Waals surface area contributed by atoms with Gasteiger partial charge in [-0.2, -0.15) is 0 Å². The minimum Gasteiger partial charge on any atom is -0.392 e. The molecule has 1 heterocycles. The fraction of sp³-hybridized carbons (Fsp3) is 0.562. The zero-order valence-corrected chi connectivity index (χ0v) is 11.3. The molecule has 0 aromatic heterocycles. The highest BCUT2D eigenvalue weighted by atomic mass is 16.3. The molecule has 1 aromatic rings. The van der Waals surface area contributed by atoms with Gasteiger partial charge in [0.05, 0.1) is 12.6 Å². The topological polar surface area (TPSA) is 40.5 Å². The van der Waals surface area contributed by atoms with Crippen LogP contribution in [0, 0.1) is 0 Å². The van der Waals surface area contributed by atoms with Crippen molar-refractivity contribution in [2.45, 2.75) is 38.2 Å². The van der Waals surface area contributed by atoms with Gasteiger partial charge in [-0.05, 0) is 55.8 Å². The van der Waals surface area contributed by atoms with Crippen LogP contribution in [-0.2, 0) is 12.8 Å². The number of aryl methyl sites for hydroxylation is 2. The maximum Gasteiger partial charge on any atom is 0.176 e. The molecule has 102 valence electrons. The summed E-state index contributed by atoms with van der Waals surface area (Å²) in [6.45, 7) is 2.00. The summed E-state index contributed by atoms with van der Waals surface area (Å²) in [5.74, 6) is 0.184. The van der Waals surface area contributed by atoms with Crippen LogP contribution in [0.15, 0.2) is 18.2 Å². The van der Waals surface area contributed by atoms with Gasteiger partial charge >= 0.3 is 0 Å². The fourth-order valence-electron chi connectivity index (χ4n) is 3.21. The number of likely N-dealkylation sites (tertiary alicyclic amines) is 1. The number of hydrogen-bond donors (Lipinski definition) is 1. The lowest BCUT2D eigenvalue weighted by atomic mass is 10.0. The molecule has 1 saturated heterocycles. The number of hydrogen-bond acceptors (Lipinski definition) is 3. The summed E-state index contributed by atoms with van der Waals surface area (Å²) < 4.78 is 0. The number of benzene rings is 1. The zero-order chi connectivity index (χ0) is 13.2. The molecule has 1 fully saturated rings. The molecule has 19 heavy (non-hydrogen) atoms. The van der Waals surface area contributed by atoms with Crippen LogP contribution < -0.4 is 0 Å². The van der Waals surface area contributed by atoms with Crippen molar-refractivity contribution in [1.29, 1.82) is 0 Å². The first-order valence-electron chi connectivity index (χ1n) is 7.28. The van der Waals surface area contributed by atoms with Crippen molar-refractivity contribution in [2.24, 2.45) is 0 Å². The number of fused-ring (bicyclic) bond motifs is 1. The first kappa shape index (κ1) is 12.8. The Bertz CT molecular complexity index is 484. The average Bonchev–Trinajstić information content (AvgIpc) is 2.85. The number of nitrogens with zero attached hydrogens (tertiary/aromatic N) is 1. The summed E-state index contributed by atoms with van der Waals surface area (Å²) in [5, 5.41) is 9.64. The predicted octanol–water partition coefficient (Wildman–Crippen LogP) is 1.81. The van der Waals surface area contributed by atoms with Crippen LogP contribution in [0.5, 0.6) is 0 Å². The van der Waals surface area contributed by atoms with Crippen LogP contribution in [0.2, 0.25) is 0 Å². The zero-order valence-electron chi connectivity index (χ0n) is 11.3.